The number of rotatable bonds is 6. The number of benzene rings is 1. The monoisotopic (exact) mass is 239 g/mol. The second-order valence-corrected chi connectivity index (χ2v) is 4.52. The van der Waals surface area contributed by atoms with Crippen LogP contribution in [0.1, 0.15) is 13.3 Å². The highest BCUT2D eigenvalue weighted by molar-refractivity contribution is 7.80. The molecule has 1 atom stereocenters. The standard InChI is InChI=1S/C13H21NOS/c1-4-11(10-16)9-15-13-7-5-6-12(8-13)14(2)3/h5-8,11,16H,4,9-10H2,1-3H3. The number of thiol groups is 1. The van der Waals surface area contributed by atoms with Crippen LogP contribution >= 0.6 is 12.6 Å². The van der Waals surface area contributed by atoms with Crippen LogP contribution in [0.2, 0.25) is 0 Å². The summed E-state index contributed by atoms with van der Waals surface area (Å²) in [6.07, 6.45) is 1.11. The fourth-order valence-corrected chi connectivity index (χ4v) is 1.73. The topological polar surface area (TPSA) is 12.5 Å². The molecule has 0 aliphatic carbocycles. The Hall–Kier alpha value is -0.830. The van der Waals surface area contributed by atoms with Gasteiger partial charge in [-0.05, 0) is 24.3 Å². The van der Waals surface area contributed by atoms with Crippen molar-refractivity contribution in [2.24, 2.45) is 5.92 Å². The summed E-state index contributed by atoms with van der Waals surface area (Å²) in [6.45, 7) is 2.91. The lowest BCUT2D eigenvalue weighted by molar-refractivity contribution is 0.259. The highest BCUT2D eigenvalue weighted by atomic mass is 32.1. The molecule has 0 aliphatic rings. The van der Waals surface area contributed by atoms with E-state index in [1.54, 1.807) is 0 Å². The molecule has 0 spiro atoms. The summed E-state index contributed by atoms with van der Waals surface area (Å²) in [5.41, 5.74) is 1.16. The SMILES string of the molecule is CCC(CS)COc1cccc(N(C)C)c1. The predicted molar refractivity (Wildman–Crippen MR) is 73.9 cm³/mol. The zero-order valence-corrected chi connectivity index (χ0v) is 11.2. The van der Waals surface area contributed by atoms with Crippen LogP contribution in [0.5, 0.6) is 5.75 Å². The summed E-state index contributed by atoms with van der Waals surface area (Å²) in [4.78, 5) is 2.07. The minimum atomic E-state index is 0.534. The first-order valence-corrected chi connectivity index (χ1v) is 6.31. The molecule has 0 bridgehead atoms. The van der Waals surface area contributed by atoms with E-state index in [0.29, 0.717) is 5.92 Å². The van der Waals surface area contributed by atoms with E-state index >= 15 is 0 Å². The van der Waals surface area contributed by atoms with Crippen LogP contribution < -0.4 is 9.64 Å². The van der Waals surface area contributed by atoms with Crippen molar-refractivity contribution in [3.8, 4) is 5.75 Å². The van der Waals surface area contributed by atoms with Gasteiger partial charge < -0.3 is 9.64 Å². The van der Waals surface area contributed by atoms with Gasteiger partial charge in [-0.3, -0.25) is 0 Å². The van der Waals surface area contributed by atoms with Gasteiger partial charge in [0.15, 0.2) is 0 Å². The lowest BCUT2D eigenvalue weighted by Crippen LogP contribution is -2.13. The molecule has 0 aromatic heterocycles. The van der Waals surface area contributed by atoms with E-state index in [2.05, 4.69) is 36.6 Å². The summed E-state index contributed by atoms with van der Waals surface area (Å²) in [6, 6.07) is 8.15. The first-order valence-electron chi connectivity index (χ1n) is 5.68. The summed E-state index contributed by atoms with van der Waals surface area (Å²) in [5.74, 6) is 2.35. The predicted octanol–water partition coefficient (Wildman–Crippen LogP) is 3.09. The number of nitrogens with zero attached hydrogens (tertiary/aromatic N) is 1. The van der Waals surface area contributed by atoms with E-state index in [1.165, 1.54) is 0 Å². The van der Waals surface area contributed by atoms with Crippen molar-refractivity contribution in [1.82, 2.24) is 0 Å². The van der Waals surface area contributed by atoms with Crippen LogP contribution in [0, 0.1) is 5.92 Å². The lowest BCUT2D eigenvalue weighted by Gasteiger charge is -2.16. The third kappa shape index (κ3) is 3.97. The van der Waals surface area contributed by atoms with Crippen molar-refractivity contribution >= 4 is 18.3 Å². The number of hydrogen-bond donors (Lipinski definition) is 1. The van der Waals surface area contributed by atoms with Crippen molar-refractivity contribution in [3.05, 3.63) is 24.3 Å². The van der Waals surface area contributed by atoms with Gasteiger partial charge in [0.1, 0.15) is 5.75 Å². The van der Waals surface area contributed by atoms with E-state index in [0.717, 1.165) is 30.2 Å². The largest absolute Gasteiger partial charge is 0.493 e. The Bertz CT molecular complexity index is 311. The molecule has 1 unspecified atom stereocenters. The quantitative estimate of drug-likeness (QED) is 0.766. The van der Waals surface area contributed by atoms with Crippen molar-refractivity contribution in [3.63, 3.8) is 0 Å². The third-order valence-corrected chi connectivity index (χ3v) is 3.17. The third-order valence-electron chi connectivity index (χ3n) is 2.66. The zero-order chi connectivity index (χ0) is 12.0. The highest BCUT2D eigenvalue weighted by Crippen LogP contribution is 2.20. The molecule has 16 heavy (non-hydrogen) atoms. The second-order valence-electron chi connectivity index (χ2n) is 4.16. The molecule has 90 valence electrons. The molecular weight excluding hydrogens is 218 g/mol. The second kappa shape index (κ2) is 6.69. The fraction of sp³-hybridized carbons (Fsp3) is 0.538. The maximum Gasteiger partial charge on any atom is 0.121 e. The van der Waals surface area contributed by atoms with Gasteiger partial charge in [0.05, 0.1) is 6.61 Å². The number of ether oxygens (including phenoxy) is 1. The summed E-state index contributed by atoms with van der Waals surface area (Å²) >= 11 is 4.31. The van der Waals surface area contributed by atoms with E-state index in [1.807, 2.05) is 26.2 Å². The van der Waals surface area contributed by atoms with Crippen LogP contribution in [-0.2, 0) is 0 Å². The Kier molecular flexibility index (Phi) is 5.53. The van der Waals surface area contributed by atoms with Gasteiger partial charge in [-0.1, -0.05) is 13.0 Å². The first-order chi connectivity index (χ1) is 7.67. The average Bonchev–Trinajstić information content (AvgIpc) is 2.31. The molecule has 1 rings (SSSR count). The molecule has 0 aliphatic heterocycles. The minimum Gasteiger partial charge on any atom is -0.493 e. The van der Waals surface area contributed by atoms with Crippen LogP contribution in [0.3, 0.4) is 0 Å². The van der Waals surface area contributed by atoms with E-state index in [9.17, 15) is 0 Å². The van der Waals surface area contributed by atoms with Gasteiger partial charge in [-0.15, -0.1) is 0 Å². The maximum absolute atomic E-state index is 5.77. The minimum absolute atomic E-state index is 0.534. The van der Waals surface area contributed by atoms with Gasteiger partial charge in [-0.25, -0.2) is 0 Å². The molecule has 3 heteroatoms. The molecule has 0 saturated heterocycles. The van der Waals surface area contributed by atoms with Crippen molar-refractivity contribution in [1.29, 1.82) is 0 Å². The van der Waals surface area contributed by atoms with Crippen LogP contribution in [0.25, 0.3) is 0 Å². The Balaban J connectivity index is 2.56. The van der Waals surface area contributed by atoms with Gasteiger partial charge in [-0.2, -0.15) is 12.6 Å². The van der Waals surface area contributed by atoms with Crippen LogP contribution in [-0.4, -0.2) is 26.5 Å². The Morgan fingerprint density at radius 3 is 2.69 bits per heavy atom. The number of hydrogen-bond acceptors (Lipinski definition) is 3. The molecule has 0 radical (unpaired) electrons. The van der Waals surface area contributed by atoms with E-state index in [-0.39, 0.29) is 0 Å². The van der Waals surface area contributed by atoms with E-state index < -0.39 is 0 Å². The molecule has 0 saturated carbocycles. The average molecular weight is 239 g/mol. The fourth-order valence-electron chi connectivity index (χ4n) is 1.37. The summed E-state index contributed by atoms with van der Waals surface area (Å²) < 4.78 is 5.77. The van der Waals surface area contributed by atoms with Gasteiger partial charge in [0, 0.05) is 31.8 Å². The van der Waals surface area contributed by atoms with Crippen molar-refractivity contribution in [2.45, 2.75) is 13.3 Å². The van der Waals surface area contributed by atoms with Gasteiger partial charge in [0.2, 0.25) is 0 Å². The summed E-state index contributed by atoms with van der Waals surface area (Å²) in [5, 5.41) is 0. The molecule has 0 fully saturated rings. The molecular formula is C13H21NOS. The van der Waals surface area contributed by atoms with Crippen LogP contribution in [0.15, 0.2) is 24.3 Å². The maximum atomic E-state index is 5.77. The zero-order valence-electron chi connectivity index (χ0n) is 10.3. The Labute approximate surface area is 104 Å². The van der Waals surface area contributed by atoms with Gasteiger partial charge >= 0.3 is 0 Å². The molecule has 2 nitrogen and oxygen atoms in total. The summed E-state index contributed by atoms with van der Waals surface area (Å²) in [7, 11) is 4.06. The molecule has 0 amide bonds. The smallest absolute Gasteiger partial charge is 0.121 e. The Morgan fingerprint density at radius 1 is 1.38 bits per heavy atom. The lowest BCUT2D eigenvalue weighted by atomic mass is 10.1. The normalized spacial score (nSPS) is 12.2. The van der Waals surface area contributed by atoms with E-state index in [4.69, 9.17) is 4.74 Å². The highest BCUT2D eigenvalue weighted by Gasteiger charge is 2.05. The molecule has 0 heterocycles. The first kappa shape index (κ1) is 13.2. The molecule has 0 N–H and O–H groups in total. The number of anilines is 1. The molecule has 1 aromatic carbocycles. The Morgan fingerprint density at radius 2 is 2.12 bits per heavy atom. The molecule has 1 aromatic rings. The van der Waals surface area contributed by atoms with Gasteiger partial charge in [0.25, 0.3) is 0 Å². The van der Waals surface area contributed by atoms with Crippen molar-refractivity contribution in [2.75, 3.05) is 31.4 Å². The van der Waals surface area contributed by atoms with Crippen molar-refractivity contribution < 1.29 is 4.74 Å². The van der Waals surface area contributed by atoms with Crippen LogP contribution in [0.4, 0.5) is 5.69 Å².